The first kappa shape index (κ1) is 16.5. The lowest BCUT2D eigenvalue weighted by Gasteiger charge is -2.19. The molecule has 0 spiro atoms. The van der Waals surface area contributed by atoms with E-state index in [4.69, 9.17) is 23.2 Å². The molecule has 0 atom stereocenters. The molecule has 1 aromatic carbocycles. The highest BCUT2D eigenvalue weighted by atomic mass is 35.5. The molecule has 1 aromatic rings. The second kappa shape index (κ2) is 6.28. The quantitative estimate of drug-likeness (QED) is 0.897. The molecule has 108 valence electrons. The fraction of sp³-hybridized carbons (Fsp3) is 0.455. The summed E-state index contributed by atoms with van der Waals surface area (Å²) in [5.41, 5.74) is 0. The van der Waals surface area contributed by atoms with Crippen LogP contribution in [0.2, 0.25) is 10.0 Å². The zero-order valence-electron chi connectivity index (χ0n) is 10.9. The highest BCUT2D eigenvalue weighted by Crippen LogP contribution is 2.34. The van der Waals surface area contributed by atoms with Gasteiger partial charge in [-0.25, -0.2) is 8.42 Å². The summed E-state index contributed by atoms with van der Waals surface area (Å²) < 4.78 is 25.8. The second-order valence-electron chi connectivity index (χ2n) is 4.37. The third-order valence-electron chi connectivity index (χ3n) is 2.56. The van der Waals surface area contributed by atoms with Gasteiger partial charge in [-0.3, -0.25) is 0 Å². The van der Waals surface area contributed by atoms with Crippen molar-refractivity contribution in [3.05, 3.63) is 22.2 Å². The second-order valence-corrected chi connectivity index (χ2v) is 7.22. The van der Waals surface area contributed by atoms with Gasteiger partial charge in [0.2, 0.25) is 10.0 Å². The minimum absolute atomic E-state index is 0.0402. The van der Waals surface area contributed by atoms with Crippen LogP contribution < -0.4 is 0 Å². The first-order valence-corrected chi connectivity index (χ1v) is 7.65. The maximum Gasteiger partial charge on any atom is 0.242 e. The largest absolute Gasteiger partial charge is 0.505 e. The summed E-state index contributed by atoms with van der Waals surface area (Å²) in [6.07, 6.45) is 0. The number of rotatable bonds is 5. The van der Waals surface area contributed by atoms with Crippen LogP contribution in [0.25, 0.3) is 0 Å². The lowest BCUT2D eigenvalue weighted by atomic mass is 10.3. The minimum Gasteiger partial charge on any atom is -0.505 e. The van der Waals surface area contributed by atoms with E-state index in [2.05, 4.69) is 0 Å². The predicted octanol–water partition coefficient (Wildman–Crippen LogP) is 1.88. The summed E-state index contributed by atoms with van der Waals surface area (Å²) in [4.78, 5) is 1.84. The smallest absolute Gasteiger partial charge is 0.242 e. The maximum atomic E-state index is 12.3. The van der Waals surface area contributed by atoms with Gasteiger partial charge in [-0.2, -0.15) is 4.31 Å². The number of benzene rings is 1. The van der Waals surface area contributed by atoms with Gasteiger partial charge in [0.1, 0.15) is 0 Å². The van der Waals surface area contributed by atoms with Crippen LogP contribution in [-0.2, 0) is 10.0 Å². The van der Waals surface area contributed by atoms with Crippen LogP contribution in [0.5, 0.6) is 5.75 Å². The van der Waals surface area contributed by atoms with Crippen LogP contribution in [0.3, 0.4) is 0 Å². The van der Waals surface area contributed by atoms with Gasteiger partial charge in [0.25, 0.3) is 0 Å². The number of hydrogen-bond donors (Lipinski definition) is 1. The van der Waals surface area contributed by atoms with E-state index in [0.717, 1.165) is 0 Å². The summed E-state index contributed by atoms with van der Waals surface area (Å²) in [5.74, 6) is -0.321. The zero-order chi connectivity index (χ0) is 14.8. The van der Waals surface area contributed by atoms with Crippen LogP contribution >= 0.6 is 23.2 Å². The van der Waals surface area contributed by atoms with Gasteiger partial charge >= 0.3 is 0 Å². The van der Waals surface area contributed by atoms with Gasteiger partial charge in [-0.1, -0.05) is 23.2 Å². The molecule has 0 heterocycles. The molecular weight excluding hydrogens is 311 g/mol. The van der Waals surface area contributed by atoms with Crippen molar-refractivity contribution in [2.24, 2.45) is 0 Å². The average Bonchev–Trinajstić information content (AvgIpc) is 2.31. The first-order chi connectivity index (χ1) is 8.66. The Morgan fingerprint density at radius 3 is 2.00 bits per heavy atom. The molecule has 0 unspecified atom stereocenters. The third kappa shape index (κ3) is 3.97. The predicted molar refractivity (Wildman–Crippen MR) is 76.5 cm³/mol. The van der Waals surface area contributed by atoms with Crippen LogP contribution in [0.1, 0.15) is 0 Å². The Hall–Kier alpha value is -0.530. The lowest BCUT2D eigenvalue weighted by molar-refractivity contribution is 0.358. The number of aromatic hydroxyl groups is 1. The van der Waals surface area contributed by atoms with Crippen molar-refractivity contribution in [1.82, 2.24) is 9.21 Å². The number of phenolic OH excluding ortho intramolecular Hbond substituents is 1. The van der Waals surface area contributed by atoms with Crippen molar-refractivity contribution in [2.45, 2.75) is 4.90 Å². The molecule has 0 amide bonds. The molecule has 1 N–H and O–H groups in total. The first-order valence-electron chi connectivity index (χ1n) is 5.45. The molecule has 0 saturated heterocycles. The molecule has 0 fully saturated rings. The number of likely N-dealkylation sites (N-methyl/N-ethyl adjacent to an activating group) is 2. The van der Waals surface area contributed by atoms with Gasteiger partial charge in [-0.05, 0) is 26.2 Å². The van der Waals surface area contributed by atoms with Crippen molar-refractivity contribution in [1.29, 1.82) is 0 Å². The standard InChI is InChI=1S/C11H16Cl2N2O3S/c1-14(2)4-5-15(3)19(17,18)8-6-9(12)11(16)10(13)7-8/h6-7,16H,4-5H2,1-3H3. The van der Waals surface area contributed by atoms with Crippen LogP contribution in [0.15, 0.2) is 17.0 Å². The number of phenols is 1. The molecule has 0 aromatic heterocycles. The Morgan fingerprint density at radius 1 is 1.11 bits per heavy atom. The normalized spacial score (nSPS) is 12.4. The SMILES string of the molecule is CN(C)CCN(C)S(=O)(=O)c1cc(Cl)c(O)c(Cl)c1. The maximum absolute atomic E-state index is 12.3. The molecule has 0 radical (unpaired) electrons. The molecule has 1 rings (SSSR count). The third-order valence-corrected chi connectivity index (χ3v) is 4.97. The van der Waals surface area contributed by atoms with E-state index in [1.165, 1.54) is 23.5 Å². The molecule has 5 nitrogen and oxygen atoms in total. The van der Waals surface area contributed by atoms with Gasteiger partial charge in [0.05, 0.1) is 14.9 Å². The van der Waals surface area contributed by atoms with Crippen LogP contribution in [-0.4, -0.2) is 57.0 Å². The van der Waals surface area contributed by atoms with Gasteiger partial charge in [0.15, 0.2) is 5.75 Å². The van der Waals surface area contributed by atoms with Gasteiger partial charge in [-0.15, -0.1) is 0 Å². The van der Waals surface area contributed by atoms with Crippen LogP contribution in [0.4, 0.5) is 0 Å². The van der Waals surface area contributed by atoms with E-state index >= 15 is 0 Å². The van der Waals surface area contributed by atoms with Crippen molar-refractivity contribution in [3.63, 3.8) is 0 Å². The fourth-order valence-corrected chi connectivity index (χ4v) is 3.16. The Labute approximate surface area is 123 Å². The minimum atomic E-state index is -3.67. The molecule has 0 bridgehead atoms. The van der Waals surface area contributed by atoms with Crippen molar-refractivity contribution in [3.8, 4) is 5.75 Å². The average molecular weight is 327 g/mol. The Morgan fingerprint density at radius 2 is 1.58 bits per heavy atom. The topological polar surface area (TPSA) is 60.9 Å². The lowest BCUT2D eigenvalue weighted by Crippen LogP contribution is -2.33. The van der Waals surface area contributed by atoms with Crippen molar-refractivity contribution in [2.75, 3.05) is 34.2 Å². The van der Waals surface area contributed by atoms with E-state index < -0.39 is 10.0 Å². The van der Waals surface area contributed by atoms with Gasteiger partial charge in [0, 0.05) is 20.1 Å². The summed E-state index contributed by atoms with van der Waals surface area (Å²) in [7, 11) is 1.52. The van der Waals surface area contributed by atoms with E-state index in [1.54, 1.807) is 0 Å². The molecular formula is C11H16Cl2N2O3S. The van der Waals surface area contributed by atoms with Crippen molar-refractivity contribution >= 4 is 33.2 Å². The number of halogens is 2. The Bertz CT molecular complexity index is 538. The molecule has 0 aliphatic heterocycles. The van der Waals surface area contributed by atoms with E-state index in [-0.39, 0.29) is 20.7 Å². The van der Waals surface area contributed by atoms with E-state index in [9.17, 15) is 13.5 Å². The van der Waals surface area contributed by atoms with E-state index in [1.807, 2.05) is 19.0 Å². The highest BCUT2D eigenvalue weighted by Gasteiger charge is 2.23. The Kier molecular flexibility index (Phi) is 5.46. The summed E-state index contributed by atoms with van der Waals surface area (Å²) in [6.45, 7) is 0.931. The van der Waals surface area contributed by atoms with Crippen LogP contribution in [0, 0.1) is 0 Å². The highest BCUT2D eigenvalue weighted by molar-refractivity contribution is 7.89. The molecule has 8 heteroatoms. The number of sulfonamides is 1. The summed E-state index contributed by atoms with van der Waals surface area (Å²) in [5, 5.41) is 9.25. The monoisotopic (exact) mass is 326 g/mol. The number of nitrogens with zero attached hydrogens (tertiary/aromatic N) is 2. The zero-order valence-corrected chi connectivity index (χ0v) is 13.2. The summed E-state index contributed by atoms with van der Waals surface area (Å²) in [6, 6.07) is 2.37. The van der Waals surface area contributed by atoms with E-state index in [0.29, 0.717) is 13.1 Å². The fourth-order valence-electron chi connectivity index (χ4n) is 1.33. The summed E-state index contributed by atoms with van der Waals surface area (Å²) >= 11 is 11.5. The molecule has 0 aliphatic rings. The van der Waals surface area contributed by atoms with Gasteiger partial charge < -0.3 is 10.0 Å². The Balaban J connectivity index is 3.07. The molecule has 0 saturated carbocycles. The van der Waals surface area contributed by atoms with Crippen molar-refractivity contribution < 1.29 is 13.5 Å². The number of hydrogen-bond acceptors (Lipinski definition) is 4. The molecule has 19 heavy (non-hydrogen) atoms. The molecule has 0 aliphatic carbocycles.